The fraction of sp³-hybridized carbons (Fsp3) is 0.150. The molecule has 2 aromatic carbocycles. The first kappa shape index (κ1) is 13.6. The van der Waals surface area contributed by atoms with Crippen molar-refractivity contribution in [2.24, 2.45) is 7.05 Å². The average Bonchev–Trinajstić information content (AvgIpc) is 2.51. The summed E-state index contributed by atoms with van der Waals surface area (Å²) in [5, 5.41) is 0. The summed E-state index contributed by atoms with van der Waals surface area (Å²) in [5.41, 5.74) is 7.66. The van der Waals surface area contributed by atoms with E-state index < -0.39 is 0 Å². The Kier molecular flexibility index (Phi) is 3.57. The monoisotopic (exact) mass is 274 g/mol. The molecule has 0 fully saturated rings. The van der Waals surface area contributed by atoms with Crippen molar-refractivity contribution in [3.8, 4) is 22.4 Å². The van der Waals surface area contributed by atoms with Crippen LogP contribution in [0.3, 0.4) is 0 Å². The van der Waals surface area contributed by atoms with Gasteiger partial charge in [-0.25, -0.2) is 4.57 Å². The van der Waals surface area contributed by atoms with Crippen LogP contribution in [0.15, 0.2) is 66.9 Å². The van der Waals surface area contributed by atoms with Gasteiger partial charge in [0, 0.05) is 17.7 Å². The molecule has 1 nitrogen and oxygen atoms in total. The molecule has 3 rings (SSSR count). The highest BCUT2D eigenvalue weighted by atomic mass is 14.9. The van der Waals surface area contributed by atoms with Crippen molar-refractivity contribution in [1.29, 1.82) is 0 Å². The number of nitrogens with zero attached hydrogens (tertiary/aromatic N) is 1. The Bertz CT molecular complexity index is 773. The molecule has 1 heteroatoms. The zero-order valence-corrected chi connectivity index (χ0v) is 12.8. The summed E-state index contributed by atoms with van der Waals surface area (Å²) in [6.45, 7) is 4.31. The molecule has 0 saturated carbocycles. The van der Waals surface area contributed by atoms with Crippen LogP contribution in [0.1, 0.15) is 11.1 Å². The maximum absolute atomic E-state index is 2.27. The number of benzene rings is 2. The van der Waals surface area contributed by atoms with Gasteiger partial charge in [-0.15, -0.1) is 0 Å². The molecule has 104 valence electrons. The SMILES string of the molecule is Cc1ccc(C)c(-c2cc(-c3ccccc3)cc[n+]2C)c1. The minimum atomic E-state index is 1.25. The Balaban J connectivity index is 2.17. The van der Waals surface area contributed by atoms with Crippen LogP contribution >= 0.6 is 0 Å². The van der Waals surface area contributed by atoms with Crippen LogP contribution in [-0.2, 0) is 7.05 Å². The summed E-state index contributed by atoms with van der Waals surface area (Å²) in [7, 11) is 2.10. The van der Waals surface area contributed by atoms with Gasteiger partial charge in [-0.2, -0.15) is 0 Å². The molecule has 0 unspecified atom stereocenters. The van der Waals surface area contributed by atoms with Crippen molar-refractivity contribution in [1.82, 2.24) is 0 Å². The number of rotatable bonds is 2. The molecule has 1 aromatic heterocycles. The number of pyridine rings is 1. The highest BCUT2D eigenvalue weighted by molar-refractivity contribution is 5.70. The van der Waals surface area contributed by atoms with Crippen LogP contribution in [0.25, 0.3) is 22.4 Å². The van der Waals surface area contributed by atoms with E-state index in [2.05, 4.69) is 92.3 Å². The quantitative estimate of drug-likeness (QED) is 0.607. The predicted molar refractivity (Wildman–Crippen MR) is 88.0 cm³/mol. The van der Waals surface area contributed by atoms with Crippen LogP contribution in [0.5, 0.6) is 0 Å². The van der Waals surface area contributed by atoms with E-state index in [0.29, 0.717) is 0 Å². The lowest BCUT2D eigenvalue weighted by molar-refractivity contribution is -0.660. The van der Waals surface area contributed by atoms with Gasteiger partial charge in [0.25, 0.3) is 0 Å². The molecule has 0 aliphatic carbocycles. The predicted octanol–water partition coefficient (Wildman–Crippen LogP) is 4.46. The maximum Gasteiger partial charge on any atom is 0.213 e. The summed E-state index contributed by atoms with van der Waals surface area (Å²) in [4.78, 5) is 0. The summed E-state index contributed by atoms with van der Waals surface area (Å²) in [5.74, 6) is 0. The standard InChI is InChI=1S/C20H20N/c1-15-9-10-16(2)19(13-15)20-14-18(11-12-21(20)3)17-7-5-4-6-8-17/h4-14H,1-3H3/q+1. The van der Waals surface area contributed by atoms with E-state index in [1.807, 2.05) is 0 Å². The molecule has 0 atom stereocenters. The van der Waals surface area contributed by atoms with Gasteiger partial charge >= 0.3 is 0 Å². The third kappa shape index (κ3) is 2.73. The fourth-order valence-corrected chi connectivity index (χ4v) is 2.66. The van der Waals surface area contributed by atoms with Gasteiger partial charge in [0.15, 0.2) is 6.20 Å². The van der Waals surface area contributed by atoms with Crippen LogP contribution in [0.2, 0.25) is 0 Å². The normalized spacial score (nSPS) is 10.6. The van der Waals surface area contributed by atoms with E-state index in [1.54, 1.807) is 0 Å². The van der Waals surface area contributed by atoms with E-state index in [4.69, 9.17) is 0 Å². The van der Waals surface area contributed by atoms with Gasteiger partial charge in [0.2, 0.25) is 5.69 Å². The molecule has 0 saturated heterocycles. The first-order chi connectivity index (χ1) is 10.1. The van der Waals surface area contributed by atoms with Crippen LogP contribution < -0.4 is 4.57 Å². The summed E-state index contributed by atoms with van der Waals surface area (Å²) in [6, 6.07) is 21.6. The van der Waals surface area contributed by atoms with Gasteiger partial charge in [-0.1, -0.05) is 48.0 Å². The minimum absolute atomic E-state index is 1.25. The van der Waals surface area contributed by atoms with Gasteiger partial charge in [-0.05, 0) is 36.6 Å². The van der Waals surface area contributed by atoms with Crippen molar-refractivity contribution in [2.75, 3.05) is 0 Å². The first-order valence-corrected chi connectivity index (χ1v) is 7.28. The van der Waals surface area contributed by atoms with E-state index >= 15 is 0 Å². The van der Waals surface area contributed by atoms with Gasteiger partial charge in [0.05, 0.1) is 0 Å². The fourth-order valence-electron chi connectivity index (χ4n) is 2.66. The molecule has 0 amide bonds. The molecule has 0 radical (unpaired) electrons. The molecule has 21 heavy (non-hydrogen) atoms. The highest BCUT2D eigenvalue weighted by Crippen LogP contribution is 2.26. The van der Waals surface area contributed by atoms with E-state index in [1.165, 1.54) is 33.5 Å². The molecule has 0 N–H and O–H groups in total. The second-order valence-corrected chi connectivity index (χ2v) is 5.60. The van der Waals surface area contributed by atoms with Crippen molar-refractivity contribution < 1.29 is 4.57 Å². The lowest BCUT2D eigenvalue weighted by Gasteiger charge is -2.08. The largest absolute Gasteiger partial charge is 0.213 e. The van der Waals surface area contributed by atoms with Crippen LogP contribution in [0.4, 0.5) is 0 Å². The molecule has 0 bridgehead atoms. The van der Waals surface area contributed by atoms with Gasteiger partial charge in [0.1, 0.15) is 7.05 Å². The smallest absolute Gasteiger partial charge is 0.201 e. The van der Waals surface area contributed by atoms with E-state index in [9.17, 15) is 0 Å². The molecule has 3 aromatic rings. The Morgan fingerprint density at radius 1 is 0.762 bits per heavy atom. The second kappa shape index (κ2) is 5.53. The maximum atomic E-state index is 2.27. The van der Waals surface area contributed by atoms with Crippen molar-refractivity contribution in [3.05, 3.63) is 78.0 Å². The number of aromatic nitrogens is 1. The molecule has 0 spiro atoms. The summed E-state index contributed by atoms with van der Waals surface area (Å²) < 4.78 is 2.19. The van der Waals surface area contributed by atoms with Crippen LogP contribution in [-0.4, -0.2) is 0 Å². The molecular formula is C20H20N+. The Morgan fingerprint density at radius 3 is 2.29 bits per heavy atom. The average molecular weight is 274 g/mol. The summed E-state index contributed by atoms with van der Waals surface area (Å²) in [6.07, 6.45) is 2.14. The minimum Gasteiger partial charge on any atom is -0.201 e. The zero-order valence-electron chi connectivity index (χ0n) is 12.8. The Hall–Kier alpha value is -2.41. The highest BCUT2D eigenvalue weighted by Gasteiger charge is 2.14. The van der Waals surface area contributed by atoms with Crippen molar-refractivity contribution in [2.45, 2.75) is 13.8 Å². The molecule has 1 heterocycles. The number of hydrogen-bond acceptors (Lipinski definition) is 0. The molecule has 0 aliphatic heterocycles. The Labute approximate surface area is 126 Å². The first-order valence-electron chi connectivity index (χ1n) is 7.28. The van der Waals surface area contributed by atoms with Crippen molar-refractivity contribution >= 4 is 0 Å². The summed E-state index contributed by atoms with van der Waals surface area (Å²) >= 11 is 0. The third-order valence-electron chi connectivity index (χ3n) is 3.93. The van der Waals surface area contributed by atoms with Crippen molar-refractivity contribution in [3.63, 3.8) is 0 Å². The Morgan fingerprint density at radius 2 is 1.52 bits per heavy atom. The number of hydrogen-bond donors (Lipinski definition) is 0. The second-order valence-electron chi connectivity index (χ2n) is 5.60. The topological polar surface area (TPSA) is 3.88 Å². The molecule has 0 aliphatic rings. The zero-order chi connectivity index (χ0) is 14.8. The van der Waals surface area contributed by atoms with Gasteiger partial charge < -0.3 is 0 Å². The molecular weight excluding hydrogens is 254 g/mol. The van der Waals surface area contributed by atoms with E-state index in [0.717, 1.165) is 0 Å². The van der Waals surface area contributed by atoms with Gasteiger partial charge in [-0.3, -0.25) is 0 Å². The lowest BCUT2D eigenvalue weighted by atomic mass is 9.99. The lowest BCUT2D eigenvalue weighted by Crippen LogP contribution is -2.30. The third-order valence-corrected chi connectivity index (χ3v) is 3.93. The van der Waals surface area contributed by atoms with Crippen LogP contribution in [0, 0.1) is 13.8 Å². The number of aryl methyl sites for hydroxylation is 3. The van der Waals surface area contributed by atoms with E-state index in [-0.39, 0.29) is 0 Å².